The summed E-state index contributed by atoms with van der Waals surface area (Å²) in [5, 5.41) is 18.1. The largest absolute Gasteiger partial charge is 0.481 e. The first-order chi connectivity index (χ1) is 19.2. The second-order valence-corrected chi connectivity index (χ2v) is 9.45. The first kappa shape index (κ1) is 28.1. The van der Waals surface area contributed by atoms with Gasteiger partial charge in [-0.15, -0.1) is 0 Å². The summed E-state index contributed by atoms with van der Waals surface area (Å²) in [6.45, 7) is 0.0316. The van der Waals surface area contributed by atoms with Crippen LogP contribution >= 0.6 is 0 Å². The van der Waals surface area contributed by atoms with Crippen molar-refractivity contribution in [2.45, 2.75) is 56.8 Å². The fourth-order valence-corrected chi connectivity index (χ4v) is 4.88. The van der Waals surface area contributed by atoms with Crippen LogP contribution in [-0.4, -0.2) is 59.4 Å². The SMILES string of the molecule is NC(=O)N/N=C/[C@H](CC(=O)O)NC(=O)C1CCc2cccc3c2N1C(=O)[C@@H](NC(=O)OCc1ccccc1)CC3. The van der Waals surface area contributed by atoms with Crippen LogP contribution in [0.3, 0.4) is 0 Å². The quantitative estimate of drug-likeness (QED) is 0.229. The van der Waals surface area contributed by atoms with E-state index in [4.69, 9.17) is 10.5 Å². The number of alkyl carbamates (subject to hydrolysis) is 1. The van der Waals surface area contributed by atoms with Gasteiger partial charge in [-0.05, 0) is 42.4 Å². The zero-order chi connectivity index (χ0) is 28.6. The number of hydrazone groups is 1. The Hall–Kier alpha value is -4.94. The van der Waals surface area contributed by atoms with Crippen LogP contribution in [0, 0.1) is 0 Å². The summed E-state index contributed by atoms with van der Waals surface area (Å²) >= 11 is 0. The number of aryl methyl sites for hydroxylation is 2. The standard InChI is InChI=1S/C27H30N6O7/c28-26(38)32-29-14-19(13-22(34)35)30-24(36)21-12-10-18-8-4-7-17-9-11-20(25(37)33(21)23(17)18)31-27(39)40-15-16-5-2-1-3-6-16/h1-8,14,19-21H,9-13,15H2,(H,30,36)(H,31,39)(H,34,35)(H3,28,32,38)/b29-14+/t19-,20-,21?/m0/s1. The van der Waals surface area contributed by atoms with Crippen LogP contribution < -0.4 is 26.7 Å². The van der Waals surface area contributed by atoms with E-state index >= 15 is 0 Å². The van der Waals surface area contributed by atoms with Gasteiger partial charge in [0.25, 0.3) is 0 Å². The van der Waals surface area contributed by atoms with Crippen molar-refractivity contribution in [1.29, 1.82) is 0 Å². The molecular weight excluding hydrogens is 520 g/mol. The Morgan fingerprint density at radius 2 is 1.77 bits per heavy atom. The van der Waals surface area contributed by atoms with Crippen molar-refractivity contribution in [3.8, 4) is 0 Å². The van der Waals surface area contributed by atoms with Crippen LogP contribution in [-0.2, 0) is 38.6 Å². The number of ether oxygens (including phenoxy) is 1. The minimum absolute atomic E-state index is 0.0316. The molecule has 2 aliphatic rings. The lowest BCUT2D eigenvalue weighted by molar-refractivity contribution is -0.137. The van der Waals surface area contributed by atoms with Crippen LogP contribution in [0.5, 0.6) is 0 Å². The Balaban J connectivity index is 1.53. The highest BCUT2D eigenvalue weighted by Crippen LogP contribution is 2.37. The topological polar surface area (TPSA) is 193 Å². The number of amides is 5. The molecule has 210 valence electrons. The predicted octanol–water partition coefficient (Wildman–Crippen LogP) is 1.19. The molecule has 0 spiro atoms. The second-order valence-electron chi connectivity index (χ2n) is 9.45. The van der Waals surface area contributed by atoms with Gasteiger partial charge in [-0.25, -0.2) is 15.0 Å². The number of para-hydroxylation sites is 1. The molecule has 0 fully saturated rings. The zero-order valence-electron chi connectivity index (χ0n) is 21.5. The van der Waals surface area contributed by atoms with Gasteiger partial charge in [-0.2, -0.15) is 5.10 Å². The molecule has 3 atom stereocenters. The van der Waals surface area contributed by atoms with E-state index in [1.807, 2.05) is 54.0 Å². The first-order valence-corrected chi connectivity index (χ1v) is 12.7. The first-order valence-electron chi connectivity index (χ1n) is 12.7. The van der Waals surface area contributed by atoms with Crippen LogP contribution in [0.1, 0.15) is 36.0 Å². The molecule has 13 nitrogen and oxygen atoms in total. The average Bonchev–Trinajstić information content (AvgIpc) is 3.06. The van der Waals surface area contributed by atoms with E-state index in [0.717, 1.165) is 22.9 Å². The molecule has 0 aliphatic carbocycles. The fraction of sp³-hybridized carbons (Fsp3) is 0.333. The van der Waals surface area contributed by atoms with Crippen molar-refractivity contribution in [3.63, 3.8) is 0 Å². The number of nitrogens with zero attached hydrogens (tertiary/aromatic N) is 2. The summed E-state index contributed by atoms with van der Waals surface area (Å²) in [6.07, 6.45) is 1.35. The number of primary amides is 1. The van der Waals surface area contributed by atoms with Gasteiger partial charge in [-0.1, -0.05) is 48.5 Å². The minimum atomic E-state index is -1.21. The van der Waals surface area contributed by atoms with Gasteiger partial charge in [0, 0.05) is 6.21 Å². The summed E-state index contributed by atoms with van der Waals surface area (Å²) in [6, 6.07) is 10.8. The van der Waals surface area contributed by atoms with Gasteiger partial charge in [0.1, 0.15) is 18.7 Å². The number of hydrogen-bond acceptors (Lipinski definition) is 7. The van der Waals surface area contributed by atoms with Crippen molar-refractivity contribution < 1.29 is 33.8 Å². The number of carbonyl (C=O) groups is 5. The number of nitrogens with one attached hydrogen (secondary N) is 3. The summed E-state index contributed by atoms with van der Waals surface area (Å²) in [4.78, 5) is 63.6. The van der Waals surface area contributed by atoms with Gasteiger partial charge >= 0.3 is 18.1 Å². The van der Waals surface area contributed by atoms with Crippen LogP contribution in [0.15, 0.2) is 53.6 Å². The Morgan fingerprint density at radius 3 is 2.45 bits per heavy atom. The number of rotatable bonds is 9. The van der Waals surface area contributed by atoms with E-state index in [2.05, 4.69) is 15.7 Å². The van der Waals surface area contributed by atoms with Crippen molar-refractivity contribution in [1.82, 2.24) is 16.1 Å². The monoisotopic (exact) mass is 550 g/mol. The van der Waals surface area contributed by atoms with Gasteiger partial charge in [0.05, 0.1) is 18.2 Å². The highest BCUT2D eigenvalue weighted by Gasteiger charge is 2.42. The lowest BCUT2D eigenvalue weighted by Gasteiger charge is -2.38. The number of anilines is 1. The second kappa shape index (κ2) is 12.7. The van der Waals surface area contributed by atoms with Gasteiger partial charge in [0.2, 0.25) is 11.8 Å². The average molecular weight is 551 g/mol. The molecule has 2 heterocycles. The minimum Gasteiger partial charge on any atom is -0.481 e. The van der Waals surface area contributed by atoms with E-state index in [9.17, 15) is 29.1 Å². The molecule has 2 aromatic carbocycles. The molecule has 0 aromatic heterocycles. The molecule has 6 N–H and O–H groups in total. The summed E-state index contributed by atoms with van der Waals surface area (Å²) < 4.78 is 5.31. The summed E-state index contributed by atoms with van der Waals surface area (Å²) in [5.74, 6) is -2.28. The number of carbonyl (C=O) groups excluding carboxylic acids is 4. The number of nitrogens with two attached hydrogens (primary N) is 1. The van der Waals surface area contributed by atoms with Gasteiger partial charge in [0.15, 0.2) is 0 Å². The van der Waals surface area contributed by atoms with E-state index in [0.29, 0.717) is 24.9 Å². The Labute approximate surface area is 229 Å². The molecule has 2 aromatic rings. The number of urea groups is 1. The van der Waals surface area contributed by atoms with Gasteiger partial charge in [-0.3, -0.25) is 19.3 Å². The van der Waals surface area contributed by atoms with Crippen LogP contribution in [0.2, 0.25) is 0 Å². The summed E-state index contributed by atoms with van der Waals surface area (Å²) in [5.41, 5.74) is 10.1. The van der Waals surface area contributed by atoms with E-state index in [1.165, 1.54) is 4.90 Å². The Kier molecular flexibility index (Phi) is 8.94. The third-order valence-electron chi connectivity index (χ3n) is 6.64. The molecular formula is C27H30N6O7. The predicted molar refractivity (Wildman–Crippen MR) is 143 cm³/mol. The molecule has 4 rings (SSSR count). The lowest BCUT2D eigenvalue weighted by Crippen LogP contribution is -2.58. The third kappa shape index (κ3) is 6.92. The molecule has 5 amide bonds. The lowest BCUT2D eigenvalue weighted by atomic mass is 9.92. The number of hydrogen-bond donors (Lipinski definition) is 5. The Morgan fingerprint density at radius 1 is 1.07 bits per heavy atom. The molecule has 0 radical (unpaired) electrons. The van der Waals surface area contributed by atoms with Gasteiger partial charge < -0.3 is 26.2 Å². The molecule has 1 unspecified atom stereocenters. The van der Waals surface area contributed by atoms with Crippen molar-refractivity contribution >= 4 is 41.8 Å². The maximum Gasteiger partial charge on any atom is 0.408 e. The molecule has 0 bridgehead atoms. The molecule has 0 saturated carbocycles. The zero-order valence-corrected chi connectivity index (χ0v) is 21.5. The number of carboxylic acids is 1. The molecule has 0 saturated heterocycles. The normalized spacial score (nSPS) is 18.7. The van der Waals surface area contributed by atoms with E-state index in [-0.39, 0.29) is 13.0 Å². The smallest absolute Gasteiger partial charge is 0.408 e. The van der Waals surface area contributed by atoms with Crippen LogP contribution in [0.25, 0.3) is 0 Å². The van der Waals surface area contributed by atoms with Crippen molar-refractivity contribution in [2.75, 3.05) is 4.90 Å². The van der Waals surface area contributed by atoms with Crippen molar-refractivity contribution in [3.05, 3.63) is 65.2 Å². The molecule has 2 aliphatic heterocycles. The molecule has 13 heteroatoms. The van der Waals surface area contributed by atoms with E-state index in [1.54, 1.807) is 0 Å². The highest BCUT2D eigenvalue weighted by atomic mass is 16.5. The van der Waals surface area contributed by atoms with Crippen LogP contribution in [0.4, 0.5) is 15.3 Å². The fourth-order valence-electron chi connectivity index (χ4n) is 4.88. The van der Waals surface area contributed by atoms with Crippen molar-refractivity contribution in [2.24, 2.45) is 10.8 Å². The number of carboxylic acid groups (broad SMARTS) is 1. The Bertz CT molecular complexity index is 1320. The number of benzene rings is 2. The maximum atomic E-state index is 13.9. The van der Waals surface area contributed by atoms with E-state index < -0.39 is 54.5 Å². The molecule has 40 heavy (non-hydrogen) atoms. The summed E-state index contributed by atoms with van der Waals surface area (Å²) in [7, 11) is 0. The highest BCUT2D eigenvalue weighted by molar-refractivity contribution is 6.06. The number of aliphatic carboxylic acids is 1. The maximum absolute atomic E-state index is 13.9. The third-order valence-corrected chi connectivity index (χ3v) is 6.64.